The Balaban J connectivity index is 2.42. The molecule has 0 aliphatic rings. The van der Waals surface area contributed by atoms with Crippen LogP contribution in [0.25, 0.3) is 0 Å². The highest BCUT2D eigenvalue weighted by molar-refractivity contribution is 5.77. The molecule has 0 saturated carbocycles. The molecule has 3 heteroatoms. The smallest absolute Gasteiger partial charge is 0.258 e. The first-order valence-corrected chi connectivity index (χ1v) is 6.54. The second-order valence-electron chi connectivity index (χ2n) is 4.89. The van der Waals surface area contributed by atoms with Gasteiger partial charge in [-0.05, 0) is 37.0 Å². The van der Waals surface area contributed by atoms with Crippen molar-refractivity contribution in [2.24, 2.45) is 5.92 Å². The number of nitrogens with one attached hydrogen (secondary N) is 1. The van der Waals surface area contributed by atoms with E-state index in [1.54, 1.807) is 0 Å². The van der Waals surface area contributed by atoms with Crippen LogP contribution in [-0.2, 0) is 11.2 Å². The largest absolute Gasteiger partial charge is 0.484 e. The van der Waals surface area contributed by atoms with Crippen molar-refractivity contribution < 1.29 is 9.53 Å². The molecule has 3 nitrogen and oxygen atoms in total. The summed E-state index contributed by atoms with van der Waals surface area (Å²) in [6, 6.07) is 8.01. The van der Waals surface area contributed by atoms with E-state index in [0.29, 0.717) is 5.92 Å². The van der Waals surface area contributed by atoms with Crippen LogP contribution in [0.15, 0.2) is 24.3 Å². The fraction of sp³-hybridized carbons (Fsp3) is 0.533. The first-order chi connectivity index (χ1) is 8.52. The molecule has 0 bridgehead atoms. The first kappa shape index (κ1) is 14.6. The number of carbonyl (C=O) groups is 1. The van der Waals surface area contributed by atoms with Crippen LogP contribution in [0.1, 0.15) is 33.3 Å². The maximum atomic E-state index is 11.6. The molecular formula is C15H23NO2. The summed E-state index contributed by atoms with van der Waals surface area (Å²) in [5, 5.41) is 2.91. The van der Waals surface area contributed by atoms with E-state index >= 15 is 0 Å². The van der Waals surface area contributed by atoms with Gasteiger partial charge >= 0.3 is 0 Å². The summed E-state index contributed by atoms with van der Waals surface area (Å²) in [5.74, 6) is 1.11. The molecule has 100 valence electrons. The van der Waals surface area contributed by atoms with Gasteiger partial charge in [-0.3, -0.25) is 4.79 Å². The number of benzene rings is 1. The van der Waals surface area contributed by atoms with Crippen LogP contribution in [0.5, 0.6) is 5.75 Å². The molecule has 0 spiro atoms. The highest BCUT2D eigenvalue weighted by atomic mass is 16.5. The second-order valence-corrected chi connectivity index (χ2v) is 4.89. The molecule has 0 radical (unpaired) electrons. The lowest BCUT2D eigenvalue weighted by atomic mass is 10.1. The molecule has 1 rings (SSSR count). The third-order valence-electron chi connectivity index (χ3n) is 3.07. The summed E-state index contributed by atoms with van der Waals surface area (Å²) in [7, 11) is 0. The van der Waals surface area contributed by atoms with Gasteiger partial charge in [-0.1, -0.05) is 32.9 Å². The van der Waals surface area contributed by atoms with Gasteiger partial charge in [-0.25, -0.2) is 0 Å². The van der Waals surface area contributed by atoms with Crippen LogP contribution in [0.2, 0.25) is 0 Å². The summed E-state index contributed by atoms with van der Waals surface area (Å²) in [5.41, 5.74) is 1.21. The van der Waals surface area contributed by atoms with E-state index in [9.17, 15) is 4.79 Å². The third-order valence-corrected chi connectivity index (χ3v) is 3.07. The van der Waals surface area contributed by atoms with Gasteiger partial charge in [0.05, 0.1) is 0 Å². The predicted molar refractivity (Wildman–Crippen MR) is 73.8 cm³/mol. The number of aryl methyl sites for hydroxylation is 1. The Kier molecular flexibility index (Phi) is 5.69. The van der Waals surface area contributed by atoms with E-state index in [1.165, 1.54) is 5.56 Å². The van der Waals surface area contributed by atoms with Crippen molar-refractivity contribution in [1.29, 1.82) is 0 Å². The average Bonchev–Trinajstić information content (AvgIpc) is 2.36. The van der Waals surface area contributed by atoms with Crippen molar-refractivity contribution in [2.45, 2.75) is 40.2 Å². The van der Waals surface area contributed by atoms with Crippen molar-refractivity contribution in [3.8, 4) is 5.75 Å². The Bertz CT molecular complexity index is 388. The highest BCUT2D eigenvalue weighted by Crippen LogP contribution is 2.13. The van der Waals surface area contributed by atoms with Gasteiger partial charge < -0.3 is 10.1 Å². The monoisotopic (exact) mass is 249 g/mol. The number of hydrogen-bond donors (Lipinski definition) is 1. The number of rotatable bonds is 6. The Morgan fingerprint density at radius 2 is 2.06 bits per heavy atom. The molecule has 0 aliphatic heterocycles. The number of amides is 1. The zero-order chi connectivity index (χ0) is 13.5. The van der Waals surface area contributed by atoms with Crippen LogP contribution in [0, 0.1) is 5.92 Å². The highest BCUT2D eigenvalue weighted by Gasteiger charge is 2.11. The van der Waals surface area contributed by atoms with E-state index < -0.39 is 0 Å². The van der Waals surface area contributed by atoms with Gasteiger partial charge in [0.15, 0.2) is 6.61 Å². The third kappa shape index (κ3) is 4.78. The normalized spacial score (nSPS) is 12.3. The van der Waals surface area contributed by atoms with Gasteiger partial charge in [0, 0.05) is 6.04 Å². The van der Waals surface area contributed by atoms with Crippen molar-refractivity contribution in [1.82, 2.24) is 5.32 Å². The van der Waals surface area contributed by atoms with E-state index in [2.05, 4.69) is 26.1 Å². The Hall–Kier alpha value is -1.51. The minimum absolute atomic E-state index is 0.0712. The summed E-state index contributed by atoms with van der Waals surface area (Å²) < 4.78 is 5.48. The van der Waals surface area contributed by atoms with Crippen molar-refractivity contribution in [3.05, 3.63) is 29.8 Å². The minimum atomic E-state index is -0.0712. The number of carbonyl (C=O) groups excluding carboxylic acids is 1. The van der Waals surface area contributed by atoms with E-state index in [-0.39, 0.29) is 18.6 Å². The molecule has 1 unspecified atom stereocenters. The zero-order valence-electron chi connectivity index (χ0n) is 11.7. The van der Waals surface area contributed by atoms with Crippen molar-refractivity contribution >= 4 is 5.91 Å². The van der Waals surface area contributed by atoms with Crippen LogP contribution < -0.4 is 10.1 Å². The predicted octanol–water partition coefficient (Wildman–Crippen LogP) is 2.79. The molecule has 0 saturated heterocycles. The maximum absolute atomic E-state index is 11.6. The lowest BCUT2D eigenvalue weighted by molar-refractivity contribution is -0.124. The Labute approximate surface area is 110 Å². The van der Waals surface area contributed by atoms with Gasteiger partial charge in [0.1, 0.15) is 5.75 Å². The van der Waals surface area contributed by atoms with Gasteiger partial charge in [-0.2, -0.15) is 0 Å². The molecule has 1 amide bonds. The van der Waals surface area contributed by atoms with Crippen LogP contribution in [-0.4, -0.2) is 18.6 Å². The molecular weight excluding hydrogens is 226 g/mol. The summed E-state index contributed by atoms with van der Waals surface area (Å²) in [6.07, 6.45) is 0.966. The van der Waals surface area contributed by atoms with Crippen molar-refractivity contribution in [2.75, 3.05) is 6.61 Å². The summed E-state index contributed by atoms with van der Waals surface area (Å²) in [4.78, 5) is 11.6. The van der Waals surface area contributed by atoms with E-state index in [4.69, 9.17) is 4.74 Å². The molecule has 0 aromatic heterocycles. The molecule has 0 heterocycles. The van der Waals surface area contributed by atoms with Gasteiger partial charge in [0.25, 0.3) is 5.91 Å². The molecule has 18 heavy (non-hydrogen) atoms. The second kappa shape index (κ2) is 7.04. The quantitative estimate of drug-likeness (QED) is 0.842. The topological polar surface area (TPSA) is 38.3 Å². The van der Waals surface area contributed by atoms with Crippen LogP contribution >= 0.6 is 0 Å². The molecule has 1 aromatic rings. The molecule has 1 aromatic carbocycles. The fourth-order valence-electron chi connectivity index (χ4n) is 1.47. The minimum Gasteiger partial charge on any atom is -0.484 e. The van der Waals surface area contributed by atoms with Crippen LogP contribution in [0.3, 0.4) is 0 Å². The van der Waals surface area contributed by atoms with E-state index in [0.717, 1.165) is 12.2 Å². The molecule has 0 fully saturated rings. The SMILES string of the molecule is CCc1cccc(OCC(=O)NC(C)C(C)C)c1. The molecule has 1 atom stereocenters. The first-order valence-electron chi connectivity index (χ1n) is 6.54. The summed E-state index contributed by atoms with van der Waals surface area (Å²) >= 11 is 0. The molecule has 0 aliphatic carbocycles. The van der Waals surface area contributed by atoms with Crippen molar-refractivity contribution in [3.63, 3.8) is 0 Å². The summed E-state index contributed by atoms with van der Waals surface area (Å²) in [6.45, 7) is 8.33. The zero-order valence-corrected chi connectivity index (χ0v) is 11.7. The van der Waals surface area contributed by atoms with Gasteiger partial charge in [0.2, 0.25) is 0 Å². The fourth-order valence-corrected chi connectivity index (χ4v) is 1.47. The van der Waals surface area contributed by atoms with Crippen LogP contribution in [0.4, 0.5) is 0 Å². The van der Waals surface area contributed by atoms with E-state index in [1.807, 2.05) is 31.2 Å². The number of hydrogen-bond acceptors (Lipinski definition) is 2. The lowest BCUT2D eigenvalue weighted by Gasteiger charge is -2.17. The number of ether oxygens (including phenoxy) is 1. The lowest BCUT2D eigenvalue weighted by Crippen LogP contribution is -2.38. The Morgan fingerprint density at radius 1 is 1.33 bits per heavy atom. The maximum Gasteiger partial charge on any atom is 0.258 e. The standard InChI is InChI=1S/C15H23NO2/c1-5-13-7-6-8-14(9-13)18-10-15(17)16-12(4)11(2)3/h6-9,11-12H,5,10H2,1-4H3,(H,16,17). The Morgan fingerprint density at radius 3 is 2.67 bits per heavy atom. The van der Waals surface area contributed by atoms with Gasteiger partial charge in [-0.15, -0.1) is 0 Å². The average molecular weight is 249 g/mol. The molecule has 1 N–H and O–H groups in total.